The predicted molar refractivity (Wildman–Crippen MR) is 121 cm³/mol. The molecule has 3 aromatic carbocycles. The van der Waals surface area contributed by atoms with Gasteiger partial charge in [0.1, 0.15) is 18.2 Å². The fourth-order valence-electron chi connectivity index (χ4n) is 3.10. The van der Waals surface area contributed by atoms with Crippen molar-refractivity contribution in [3.05, 3.63) is 94.4 Å². The molecule has 5 nitrogen and oxygen atoms in total. The molecule has 162 valence electrons. The van der Waals surface area contributed by atoms with Crippen LogP contribution in [0.25, 0.3) is 6.08 Å². The van der Waals surface area contributed by atoms with Crippen molar-refractivity contribution in [3.63, 3.8) is 0 Å². The number of anilines is 1. The van der Waals surface area contributed by atoms with Gasteiger partial charge in [-0.3, -0.25) is 15.1 Å². The highest BCUT2D eigenvalue weighted by Gasteiger charge is 2.33. The van der Waals surface area contributed by atoms with Crippen LogP contribution in [0.15, 0.2) is 71.6 Å². The van der Waals surface area contributed by atoms with E-state index < -0.39 is 5.82 Å². The number of carbonyl (C=O) groups excluding carboxylic acids is 1. The van der Waals surface area contributed by atoms with E-state index in [0.717, 1.165) is 17.3 Å². The normalized spacial score (nSPS) is 14.8. The summed E-state index contributed by atoms with van der Waals surface area (Å²) in [6, 6.07) is 16.7. The van der Waals surface area contributed by atoms with Crippen LogP contribution in [0.2, 0.25) is 0 Å². The first-order valence-corrected chi connectivity index (χ1v) is 10.4. The van der Waals surface area contributed by atoms with Crippen LogP contribution in [0.1, 0.15) is 11.1 Å². The van der Waals surface area contributed by atoms with E-state index in [4.69, 9.17) is 14.9 Å². The molecule has 0 spiro atoms. The Bertz CT molecular complexity index is 1190. The molecule has 0 radical (unpaired) electrons. The van der Waals surface area contributed by atoms with E-state index in [-0.39, 0.29) is 23.5 Å². The van der Waals surface area contributed by atoms with Crippen LogP contribution in [0.3, 0.4) is 0 Å². The topological polar surface area (TPSA) is 62.6 Å². The molecule has 0 bridgehead atoms. The van der Waals surface area contributed by atoms with E-state index in [1.807, 2.05) is 0 Å². The lowest BCUT2D eigenvalue weighted by atomic mass is 10.1. The second-order valence-corrected chi connectivity index (χ2v) is 7.89. The smallest absolute Gasteiger partial charge is 0.271 e. The van der Waals surface area contributed by atoms with Crippen LogP contribution in [-0.2, 0) is 11.4 Å². The fourth-order valence-corrected chi connectivity index (χ4v) is 3.96. The van der Waals surface area contributed by atoms with Gasteiger partial charge in [-0.1, -0.05) is 18.2 Å². The minimum atomic E-state index is -0.413. The Morgan fingerprint density at radius 3 is 2.28 bits per heavy atom. The van der Waals surface area contributed by atoms with Crippen molar-refractivity contribution in [2.24, 2.45) is 0 Å². The SMILES string of the molecule is COc1cc(/C=C2\SC(=N)N(c3ccc(F)cc3)C2=O)ccc1OCc1ccc(F)cc1. The van der Waals surface area contributed by atoms with Gasteiger partial charge in [-0.2, -0.15) is 0 Å². The third kappa shape index (κ3) is 4.65. The maximum Gasteiger partial charge on any atom is 0.271 e. The second-order valence-electron chi connectivity index (χ2n) is 6.86. The van der Waals surface area contributed by atoms with Gasteiger partial charge in [-0.05, 0) is 77.5 Å². The average Bonchev–Trinajstić information content (AvgIpc) is 3.07. The van der Waals surface area contributed by atoms with Crippen LogP contribution >= 0.6 is 11.8 Å². The van der Waals surface area contributed by atoms with Gasteiger partial charge >= 0.3 is 0 Å². The van der Waals surface area contributed by atoms with Gasteiger partial charge in [0.25, 0.3) is 5.91 Å². The summed E-state index contributed by atoms with van der Waals surface area (Å²) in [5, 5.41) is 8.19. The third-order valence-corrected chi connectivity index (χ3v) is 5.59. The van der Waals surface area contributed by atoms with E-state index in [1.165, 1.54) is 48.4 Å². The molecule has 0 atom stereocenters. The quantitative estimate of drug-likeness (QED) is 0.494. The van der Waals surface area contributed by atoms with E-state index >= 15 is 0 Å². The summed E-state index contributed by atoms with van der Waals surface area (Å²) in [7, 11) is 1.51. The molecule has 1 saturated heterocycles. The molecule has 1 amide bonds. The molecular weight excluding hydrogens is 434 g/mol. The maximum atomic E-state index is 13.2. The monoisotopic (exact) mass is 452 g/mol. The van der Waals surface area contributed by atoms with E-state index in [0.29, 0.717) is 27.7 Å². The van der Waals surface area contributed by atoms with Crippen molar-refractivity contribution in [3.8, 4) is 11.5 Å². The second kappa shape index (κ2) is 9.23. The molecule has 8 heteroatoms. The first kappa shape index (κ1) is 21.6. The summed E-state index contributed by atoms with van der Waals surface area (Å²) in [6.07, 6.45) is 1.66. The number of halogens is 2. The Morgan fingerprint density at radius 2 is 1.62 bits per heavy atom. The predicted octanol–water partition coefficient (Wildman–Crippen LogP) is 5.61. The minimum absolute atomic E-state index is 0.0408. The van der Waals surface area contributed by atoms with Gasteiger partial charge in [-0.25, -0.2) is 8.78 Å². The van der Waals surface area contributed by atoms with Crippen molar-refractivity contribution in [2.75, 3.05) is 12.0 Å². The molecule has 0 aromatic heterocycles. The van der Waals surface area contributed by atoms with E-state index in [1.54, 1.807) is 36.4 Å². The van der Waals surface area contributed by atoms with Crippen LogP contribution < -0.4 is 14.4 Å². The molecular formula is C24H18F2N2O3S. The lowest BCUT2D eigenvalue weighted by Gasteiger charge is -2.14. The van der Waals surface area contributed by atoms with E-state index in [9.17, 15) is 13.6 Å². The number of thioether (sulfide) groups is 1. The van der Waals surface area contributed by atoms with Crippen molar-refractivity contribution >= 4 is 34.6 Å². The van der Waals surface area contributed by atoms with Crippen molar-refractivity contribution in [1.29, 1.82) is 5.41 Å². The number of nitrogens with zero attached hydrogens (tertiary/aromatic N) is 1. The lowest BCUT2D eigenvalue weighted by Crippen LogP contribution is -2.28. The zero-order valence-corrected chi connectivity index (χ0v) is 17.8. The number of benzene rings is 3. The van der Waals surface area contributed by atoms with Crippen LogP contribution in [0.4, 0.5) is 14.5 Å². The van der Waals surface area contributed by atoms with Gasteiger partial charge in [0.05, 0.1) is 17.7 Å². The fraction of sp³-hybridized carbons (Fsp3) is 0.0833. The first-order valence-electron chi connectivity index (χ1n) is 9.58. The zero-order chi connectivity index (χ0) is 22.7. The highest BCUT2D eigenvalue weighted by Crippen LogP contribution is 2.36. The number of methoxy groups -OCH3 is 1. The molecule has 4 rings (SSSR count). The Hall–Kier alpha value is -3.65. The number of ether oxygens (including phenoxy) is 2. The number of carbonyl (C=O) groups is 1. The van der Waals surface area contributed by atoms with E-state index in [2.05, 4.69) is 0 Å². The van der Waals surface area contributed by atoms with Gasteiger partial charge in [0, 0.05) is 0 Å². The summed E-state index contributed by atoms with van der Waals surface area (Å²) < 4.78 is 37.4. The Kier molecular flexibility index (Phi) is 6.23. The van der Waals surface area contributed by atoms with Gasteiger partial charge in [0.2, 0.25) is 0 Å². The average molecular weight is 452 g/mol. The number of amidine groups is 1. The van der Waals surface area contributed by atoms with Gasteiger partial charge in [0.15, 0.2) is 16.7 Å². The maximum absolute atomic E-state index is 13.2. The van der Waals surface area contributed by atoms with Crippen LogP contribution in [0.5, 0.6) is 11.5 Å². The minimum Gasteiger partial charge on any atom is -0.493 e. The molecule has 1 N–H and O–H groups in total. The zero-order valence-electron chi connectivity index (χ0n) is 17.0. The summed E-state index contributed by atoms with van der Waals surface area (Å²) in [5.74, 6) is -0.104. The molecule has 0 unspecified atom stereocenters. The van der Waals surface area contributed by atoms with Crippen LogP contribution in [-0.4, -0.2) is 18.2 Å². The van der Waals surface area contributed by atoms with Gasteiger partial charge < -0.3 is 9.47 Å². The molecule has 1 aliphatic rings. The number of nitrogens with one attached hydrogen (secondary N) is 1. The number of hydrogen-bond acceptors (Lipinski definition) is 5. The Morgan fingerprint density at radius 1 is 0.969 bits per heavy atom. The lowest BCUT2D eigenvalue weighted by molar-refractivity contribution is -0.113. The molecule has 32 heavy (non-hydrogen) atoms. The molecule has 1 fully saturated rings. The Balaban J connectivity index is 1.52. The Labute approximate surface area is 187 Å². The summed E-state index contributed by atoms with van der Waals surface area (Å²) in [4.78, 5) is 14.4. The molecule has 1 aliphatic heterocycles. The number of amides is 1. The molecule has 0 saturated carbocycles. The van der Waals surface area contributed by atoms with Gasteiger partial charge in [-0.15, -0.1) is 0 Å². The molecule has 3 aromatic rings. The van der Waals surface area contributed by atoms with Crippen molar-refractivity contribution in [1.82, 2.24) is 0 Å². The largest absolute Gasteiger partial charge is 0.493 e. The molecule has 1 heterocycles. The highest BCUT2D eigenvalue weighted by molar-refractivity contribution is 8.19. The third-order valence-electron chi connectivity index (χ3n) is 4.70. The van der Waals surface area contributed by atoms with Crippen molar-refractivity contribution in [2.45, 2.75) is 6.61 Å². The summed E-state index contributed by atoms with van der Waals surface area (Å²) in [6.45, 7) is 0.245. The van der Waals surface area contributed by atoms with Crippen molar-refractivity contribution < 1.29 is 23.0 Å². The summed E-state index contributed by atoms with van der Waals surface area (Å²) >= 11 is 1.03. The summed E-state index contributed by atoms with van der Waals surface area (Å²) in [5.41, 5.74) is 1.94. The molecule has 0 aliphatic carbocycles. The standard InChI is InChI=1S/C24H18F2N2O3S/c1-30-21-12-16(4-11-20(21)31-14-15-2-5-17(25)6-3-15)13-22-23(29)28(24(27)32-22)19-9-7-18(26)8-10-19/h2-13,27H,14H2,1H3/b22-13-,27-24?. The van der Waals surface area contributed by atoms with Crippen LogP contribution in [0, 0.1) is 17.0 Å². The first-order chi connectivity index (χ1) is 15.4. The number of hydrogen-bond donors (Lipinski definition) is 1. The number of rotatable bonds is 6. The highest BCUT2D eigenvalue weighted by atomic mass is 32.2.